The van der Waals surface area contributed by atoms with E-state index in [1.54, 1.807) is 12.1 Å². The number of nitrogens with zero attached hydrogens (tertiary/aromatic N) is 4. The highest BCUT2D eigenvalue weighted by molar-refractivity contribution is 6.11. The Bertz CT molecular complexity index is 2500. The van der Waals surface area contributed by atoms with E-state index in [2.05, 4.69) is 47.8 Å². The number of para-hydroxylation sites is 1. The second-order valence-electron chi connectivity index (χ2n) is 15.7. The molecule has 1 aliphatic rings. The average molecular weight is 962 g/mol. The smallest absolute Gasteiger partial charge is 0.326 e. The van der Waals surface area contributed by atoms with Gasteiger partial charge < -0.3 is 63.5 Å². The molecule has 23 nitrogen and oxygen atoms in total. The zero-order valence-electron chi connectivity index (χ0n) is 37.2. The largest absolute Gasteiger partial charge is 0.480 e. The van der Waals surface area contributed by atoms with Gasteiger partial charge in [0.15, 0.2) is 5.96 Å². The van der Waals surface area contributed by atoms with Gasteiger partial charge in [-0.25, -0.2) is 13.6 Å². The third-order valence-corrected chi connectivity index (χ3v) is 10.5. The maximum atomic E-state index is 13.8. The number of aliphatic imine (C=N–C) groups is 1. The van der Waals surface area contributed by atoms with Gasteiger partial charge in [-0.15, -0.1) is 12.3 Å². The monoisotopic (exact) mass is 961 g/mol. The van der Waals surface area contributed by atoms with E-state index in [-0.39, 0.29) is 91.1 Å². The maximum Gasteiger partial charge on any atom is 0.326 e. The molecule has 0 spiro atoms. The van der Waals surface area contributed by atoms with E-state index in [0.29, 0.717) is 19.4 Å². The maximum absolute atomic E-state index is 13.8. The number of guanidine groups is 1. The molecular weight excluding hydrogens is 909 g/mol. The number of furan rings is 1. The number of nitrogens with two attached hydrogens (primary N) is 3. The van der Waals surface area contributed by atoms with Crippen molar-refractivity contribution in [3.05, 3.63) is 59.7 Å². The van der Waals surface area contributed by atoms with Crippen molar-refractivity contribution in [2.75, 3.05) is 31.5 Å². The molecule has 0 radical (unpaired) electrons. The van der Waals surface area contributed by atoms with Gasteiger partial charge in [0.25, 0.3) is 17.7 Å². The van der Waals surface area contributed by atoms with Crippen LogP contribution >= 0.6 is 0 Å². The lowest BCUT2D eigenvalue weighted by atomic mass is 10.1. The number of terminal acetylenes is 1. The second kappa shape index (κ2) is 25.6. The number of carboxylic acid groups (broad SMARTS) is 1. The Hall–Kier alpha value is -8.19. The Labute approximate surface area is 393 Å². The van der Waals surface area contributed by atoms with Crippen molar-refractivity contribution in [2.24, 2.45) is 22.2 Å². The van der Waals surface area contributed by atoms with Gasteiger partial charge in [-0.3, -0.25) is 43.5 Å². The minimum Gasteiger partial charge on any atom is -0.480 e. The predicted molar refractivity (Wildman–Crippen MR) is 242 cm³/mol. The molecular formula is C44H53F2N13O10. The number of halogens is 2. The number of fused-ring (bicyclic) bond motifs is 1. The quantitative estimate of drug-likeness (QED) is 0.0226. The van der Waals surface area contributed by atoms with E-state index in [9.17, 15) is 57.5 Å². The number of carboxylic acids is 1. The second-order valence-corrected chi connectivity index (χ2v) is 15.7. The zero-order chi connectivity index (χ0) is 50.7. The number of likely N-dealkylation sites (tertiary alicyclic amines) is 1. The van der Waals surface area contributed by atoms with Crippen LogP contribution in [0, 0.1) is 23.7 Å². The summed E-state index contributed by atoms with van der Waals surface area (Å²) in [6.07, 6.45) is 7.38. The molecule has 1 aliphatic heterocycles. The van der Waals surface area contributed by atoms with E-state index >= 15 is 0 Å². The number of unbranched alkanes of at least 4 members (excludes halogenated alkanes) is 1. The first-order chi connectivity index (χ1) is 32.9. The molecule has 1 aromatic carbocycles. The van der Waals surface area contributed by atoms with Crippen LogP contribution in [-0.4, -0.2) is 125 Å². The van der Waals surface area contributed by atoms with Gasteiger partial charge in [0, 0.05) is 43.8 Å². The first-order valence-corrected chi connectivity index (χ1v) is 21.6. The molecule has 1 fully saturated rings. The molecule has 368 valence electrons. The molecule has 3 aromatic rings. The number of aromatic nitrogens is 1. The number of alkyl halides is 2. The molecule has 69 heavy (non-hydrogen) atoms. The normalized spacial score (nSPS) is 15.0. The van der Waals surface area contributed by atoms with Gasteiger partial charge in [0.1, 0.15) is 36.2 Å². The van der Waals surface area contributed by atoms with Crippen LogP contribution in [0.3, 0.4) is 0 Å². The van der Waals surface area contributed by atoms with Crippen molar-refractivity contribution in [2.45, 2.75) is 94.4 Å². The van der Waals surface area contributed by atoms with E-state index in [1.807, 2.05) is 0 Å². The lowest BCUT2D eigenvalue weighted by molar-refractivity contribution is -0.142. The van der Waals surface area contributed by atoms with Crippen LogP contribution < -0.4 is 49.1 Å². The van der Waals surface area contributed by atoms with Crippen molar-refractivity contribution in [3.8, 4) is 18.4 Å². The molecule has 0 unspecified atom stereocenters. The summed E-state index contributed by atoms with van der Waals surface area (Å²) in [5.74, 6) is -7.48. The highest BCUT2D eigenvalue weighted by atomic mass is 19.3. The number of rotatable bonds is 25. The van der Waals surface area contributed by atoms with Gasteiger partial charge in [-0.2, -0.15) is 5.26 Å². The standard InChI is InChI=1S/C44H53F2N13O10/c1-2-7-31(40(65)58-33(42(67)68)9-3-4-15-47)57-41(66)32(11-6-16-52-43(49)50)56-38(63)25-18-27(69-23-25)21-53-34(60)12-13-35(61)55-30-10-5-8-28-29(14-17-51-37(28)30)39(64)54-22-36(62)59-24-44(45,46)19-26(59)20-48/h1,5,8,10,14,17-18,23,26,31-33H,3-4,6-7,9,11-13,15-16,19,21-22,24,47H2,(H,53,60)(H,54,64)(H,55,61)(H,56,63)(H,57,66)(H,58,65)(H,67,68)(H4,49,50,52)/t26-,31-,32-,33-/m0/s1. The molecule has 2 aromatic heterocycles. The summed E-state index contributed by atoms with van der Waals surface area (Å²) in [6.45, 7) is -1.36. The average Bonchev–Trinajstić information content (AvgIpc) is 3.93. The molecule has 0 saturated carbocycles. The number of nitrogens with one attached hydrogen (secondary N) is 6. The summed E-state index contributed by atoms with van der Waals surface area (Å²) in [4.78, 5) is 112. The lowest BCUT2D eigenvalue weighted by Gasteiger charge is -2.23. The van der Waals surface area contributed by atoms with Gasteiger partial charge in [-0.1, -0.05) is 12.1 Å². The molecule has 7 amide bonds. The molecule has 13 N–H and O–H groups in total. The summed E-state index contributed by atoms with van der Waals surface area (Å²) >= 11 is 0. The number of nitriles is 1. The number of benzene rings is 1. The third-order valence-electron chi connectivity index (χ3n) is 10.5. The van der Waals surface area contributed by atoms with Crippen LogP contribution in [0.25, 0.3) is 10.9 Å². The van der Waals surface area contributed by atoms with Crippen LogP contribution in [-0.2, 0) is 35.3 Å². The summed E-state index contributed by atoms with van der Waals surface area (Å²) in [6, 6.07) is 3.71. The molecule has 25 heteroatoms. The van der Waals surface area contributed by atoms with Crippen LogP contribution in [0.4, 0.5) is 14.5 Å². The Morgan fingerprint density at radius 2 is 1.67 bits per heavy atom. The number of hydrogen-bond donors (Lipinski definition) is 10. The Morgan fingerprint density at radius 1 is 0.957 bits per heavy atom. The Morgan fingerprint density at radius 3 is 2.36 bits per heavy atom. The topological polar surface area (TPSA) is 372 Å². The number of pyridine rings is 1. The Kier molecular flexibility index (Phi) is 19.9. The van der Waals surface area contributed by atoms with Crippen LogP contribution in [0.2, 0.25) is 0 Å². The minimum atomic E-state index is -3.22. The molecule has 0 bridgehead atoms. The first kappa shape index (κ1) is 53.4. The SMILES string of the molecule is C#CC[C@H](NC(=O)[C@H](CCCN=C(N)N)NC(=O)c1coc(CNC(=O)CCC(=O)Nc2cccc3c(C(=O)NCC(=O)N4CC(F)(F)C[C@H]4C#N)ccnc23)c1)C(=O)N[C@@H](CCCCN)C(=O)O. The Balaban J connectivity index is 1.30. The van der Waals surface area contributed by atoms with Crippen LogP contribution in [0.5, 0.6) is 0 Å². The number of aliphatic carboxylic acids is 1. The van der Waals surface area contributed by atoms with E-state index < -0.39 is 96.9 Å². The van der Waals surface area contributed by atoms with Crippen molar-refractivity contribution in [3.63, 3.8) is 0 Å². The van der Waals surface area contributed by atoms with E-state index in [4.69, 9.17) is 28.0 Å². The van der Waals surface area contributed by atoms with Crippen LogP contribution in [0.15, 0.2) is 52.2 Å². The zero-order valence-corrected chi connectivity index (χ0v) is 37.2. The fourth-order valence-corrected chi connectivity index (χ4v) is 6.96. The fourth-order valence-electron chi connectivity index (χ4n) is 6.96. The summed E-state index contributed by atoms with van der Waals surface area (Å²) in [7, 11) is 0. The first-order valence-electron chi connectivity index (χ1n) is 21.6. The molecule has 4 atom stereocenters. The summed E-state index contributed by atoms with van der Waals surface area (Å²) < 4.78 is 33.1. The predicted octanol–water partition coefficient (Wildman–Crippen LogP) is -0.289. The van der Waals surface area contributed by atoms with Crippen molar-refractivity contribution < 1.29 is 56.7 Å². The number of carbonyl (C=O) groups is 8. The van der Waals surface area contributed by atoms with E-state index in [1.165, 1.54) is 30.5 Å². The van der Waals surface area contributed by atoms with Gasteiger partial charge in [0.05, 0.1) is 48.0 Å². The molecule has 4 rings (SSSR count). The summed E-state index contributed by atoms with van der Waals surface area (Å²) in [5, 5.41) is 34.1. The lowest BCUT2D eigenvalue weighted by Crippen LogP contribution is -2.55. The number of amides is 7. The number of hydrogen-bond acceptors (Lipinski definition) is 13. The van der Waals surface area contributed by atoms with Crippen molar-refractivity contribution >= 4 is 69.9 Å². The number of anilines is 1. The molecule has 0 aliphatic carbocycles. The third kappa shape index (κ3) is 16.3. The van der Waals surface area contributed by atoms with Crippen molar-refractivity contribution in [1.82, 2.24) is 36.5 Å². The fraction of sp³-hybridized carbons (Fsp3) is 0.432. The number of carbonyl (C=O) groups excluding carboxylic acids is 7. The van der Waals surface area contributed by atoms with Crippen molar-refractivity contribution in [1.29, 1.82) is 5.26 Å². The highest BCUT2D eigenvalue weighted by Crippen LogP contribution is 2.31. The van der Waals surface area contributed by atoms with Gasteiger partial charge in [-0.05, 0) is 56.8 Å². The minimum absolute atomic E-state index is 0.0116. The van der Waals surface area contributed by atoms with Gasteiger partial charge in [0.2, 0.25) is 29.5 Å². The molecule has 1 saturated heterocycles. The van der Waals surface area contributed by atoms with E-state index in [0.717, 1.165) is 11.2 Å². The highest BCUT2D eigenvalue weighted by Gasteiger charge is 2.47. The summed E-state index contributed by atoms with van der Waals surface area (Å²) in [5.41, 5.74) is 16.7. The van der Waals surface area contributed by atoms with Gasteiger partial charge >= 0.3 is 5.97 Å². The molecule has 3 heterocycles. The van der Waals surface area contributed by atoms with Crippen LogP contribution in [0.1, 0.15) is 84.3 Å².